The van der Waals surface area contributed by atoms with Gasteiger partial charge >= 0.3 is 0 Å². The zero-order chi connectivity index (χ0) is 14.5. The second kappa shape index (κ2) is 6.06. The fourth-order valence-electron chi connectivity index (χ4n) is 2.21. The van der Waals surface area contributed by atoms with Crippen LogP contribution in [0.25, 0.3) is 0 Å². The van der Waals surface area contributed by atoms with Crippen molar-refractivity contribution in [2.24, 2.45) is 0 Å². The van der Waals surface area contributed by atoms with Crippen molar-refractivity contribution < 1.29 is 4.79 Å². The molecule has 3 aromatic rings. The quantitative estimate of drug-likeness (QED) is 0.700. The summed E-state index contributed by atoms with van der Waals surface area (Å²) < 4.78 is 0. The van der Waals surface area contributed by atoms with Crippen LogP contribution in [-0.4, -0.2) is 5.78 Å². The molecule has 0 amide bonds. The SMILES string of the molecule is O=C(c1ccccc1)c1ccccc1Nc1ccccc1. The van der Waals surface area contributed by atoms with Gasteiger partial charge in [0.2, 0.25) is 0 Å². The van der Waals surface area contributed by atoms with Crippen molar-refractivity contribution in [1.82, 2.24) is 0 Å². The molecule has 3 aromatic carbocycles. The maximum atomic E-state index is 12.6. The number of carbonyl (C=O) groups excluding carboxylic acids is 1. The maximum Gasteiger partial charge on any atom is 0.195 e. The predicted molar refractivity (Wildman–Crippen MR) is 86.0 cm³/mol. The maximum absolute atomic E-state index is 12.6. The van der Waals surface area contributed by atoms with Crippen LogP contribution < -0.4 is 5.32 Å². The Morgan fingerprint density at radius 3 is 1.95 bits per heavy atom. The number of para-hydroxylation sites is 2. The summed E-state index contributed by atoms with van der Waals surface area (Å²) in [6, 6.07) is 26.7. The van der Waals surface area contributed by atoms with Gasteiger partial charge in [0, 0.05) is 22.5 Å². The van der Waals surface area contributed by atoms with Crippen LogP contribution in [0.5, 0.6) is 0 Å². The van der Waals surface area contributed by atoms with Gasteiger partial charge in [-0.3, -0.25) is 4.79 Å². The summed E-state index contributed by atoms with van der Waals surface area (Å²) in [7, 11) is 0. The molecule has 0 aliphatic heterocycles. The van der Waals surface area contributed by atoms with Crippen LogP contribution in [0, 0.1) is 0 Å². The molecular weight excluding hydrogens is 258 g/mol. The number of anilines is 2. The second-order valence-corrected chi connectivity index (χ2v) is 4.73. The number of ketones is 1. The third-order valence-corrected chi connectivity index (χ3v) is 3.26. The highest BCUT2D eigenvalue weighted by Crippen LogP contribution is 2.23. The zero-order valence-corrected chi connectivity index (χ0v) is 11.5. The molecule has 3 rings (SSSR count). The molecule has 0 saturated heterocycles. The lowest BCUT2D eigenvalue weighted by Crippen LogP contribution is -2.05. The van der Waals surface area contributed by atoms with Gasteiger partial charge in [0.1, 0.15) is 0 Å². The highest BCUT2D eigenvalue weighted by atomic mass is 16.1. The third kappa shape index (κ3) is 3.00. The Morgan fingerprint density at radius 1 is 0.667 bits per heavy atom. The Balaban J connectivity index is 1.95. The molecule has 0 saturated carbocycles. The first-order valence-corrected chi connectivity index (χ1v) is 6.85. The number of nitrogens with one attached hydrogen (secondary N) is 1. The van der Waals surface area contributed by atoms with Gasteiger partial charge in [-0.1, -0.05) is 60.7 Å². The van der Waals surface area contributed by atoms with E-state index in [2.05, 4.69) is 5.32 Å². The molecule has 2 nitrogen and oxygen atoms in total. The summed E-state index contributed by atoms with van der Waals surface area (Å²) in [5, 5.41) is 3.30. The molecule has 1 N–H and O–H groups in total. The van der Waals surface area contributed by atoms with Crippen LogP contribution in [-0.2, 0) is 0 Å². The molecule has 0 bridgehead atoms. The molecule has 0 aromatic heterocycles. The molecule has 0 heterocycles. The Labute approximate surface area is 124 Å². The van der Waals surface area contributed by atoms with Gasteiger partial charge in [-0.05, 0) is 24.3 Å². The largest absolute Gasteiger partial charge is 0.355 e. The first-order valence-electron chi connectivity index (χ1n) is 6.85. The van der Waals surface area contributed by atoms with Crippen LogP contribution in [0.15, 0.2) is 84.9 Å². The standard InChI is InChI=1S/C19H15NO/c21-19(15-9-3-1-4-10-15)17-13-7-8-14-18(17)20-16-11-5-2-6-12-16/h1-14,20H. The van der Waals surface area contributed by atoms with Crippen molar-refractivity contribution in [2.45, 2.75) is 0 Å². The van der Waals surface area contributed by atoms with Crippen molar-refractivity contribution in [1.29, 1.82) is 0 Å². The van der Waals surface area contributed by atoms with E-state index in [-0.39, 0.29) is 5.78 Å². The minimum atomic E-state index is 0.0228. The monoisotopic (exact) mass is 273 g/mol. The Morgan fingerprint density at radius 2 is 1.24 bits per heavy atom. The summed E-state index contributed by atoms with van der Waals surface area (Å²) in [4.78, 5) is 12.6. The summed E-state index contributed by atoms with van der Waals surface area (Å²) >= 11 is 0. The van der Waals surface area contributed by atoms with E-state index in [0.717, 1.165) is 11.4 Å². The molecule has 2 heteroatoms. The number of carbonyl (C=O) groups is 1. The molecule has 0 atom stereocenters. The molecule has 0 radical (unpaired) electrons. The molecule has 0 aliphatic rings. The van der Waals surface area contributed by atoms with E-state index in [9.17, 15) is 4.79 Å². The first kappa shape index (κ1) is 13.1. The first-order chi connectivity index (χ1) is 10.3. The van der Waals surface area contributed by atoms with Crippen molar-refractivity contribution in [3.8, 4) is 0 Å². The molecule has 21 heavy (non-hydrogen) atoms. The lowest BCUT2D eigenvalue weighted by molar-refractivity contribution is 0.103. The number of hydrogen-bond donors (Lipinski definition) is 1. The van der Waals surface area contributed by atoms with E-state index in [1.807, 2.05) is 84.9 Å². The Hall–Kier alpha value is -2.87. The average Bonchev–Trinajstić information content (AvgIpc) is 2.56. The lowest BCUT2D eigenvalue weighted by Gasteiger charge is -2.11. The van der Waals surface area contributed by atoms with Crippen molar-refractivity contribution in [3.05, 3.63) is 96.1 Å². The topological polar surface area (TPSA) is 29.1 Å². The van der Waals surface area contributed by atoms with Gasteiger partial charge in [0.05, 0.1) is 0 Å². The van der Waals surface area contributed by atoms with Gasteiger partial charge in [-0.25, -0.2) is 0 Å². The normalized spacial score (nSPS) is 10.1. The van der Waals surface area contributed by atoms with E-state index in [1.165, 1.54) is 0 Å². The third-order valence-electron chi connectivity index (χ3n) is 3.26. The smallest absolute Gasteiger partial charge is 0.195 e. The molecular formula is C19H15NO. The van der Waals surface area contributed by atoms with Crippen molar-refractivity contribution in [3.63, 3.8) is 0 Å². The second-order valence-electron chi connectivity index (χ2n) is 4.73. The van der Waals surface area contributed by atoms with Crippen LogP contribution >= 0.6 is 0 Å². The van der Waals surface area contributed by atoms with E-state index in [0.29, 0.717) is 11.1 Å². The Bertz CT molecular complexity index is 736. The lowest BCUT2D eigenvalue weighted by atomic mass is 10.0. The van der Waals surface area contributed by atoms with Crippen LogP contribution in [0.2, 0.25) is 0 Å². The van der Waals surface area contributed by atoms with E-state index < -0.39 is 0 Å². The average molecular weight is 273 g/mol. The van der Waals surface area contributed by atoms with Crippen molar-refractivity contribution >= 4 is 17.2 Å². The molecule has 102 valence electrons. The molecule has 0 unspecified atom stereocenters. The van der Waals surface area contributed by atoms with Gasteiger partial charge < -0.3 is 5.32 Å². The highest BCUT2D eigenvalue weighted by Gasteiger charge is 2.12. The van der Waals surface area contributed by atoms with Gasteiger partial charge in [0.15, 0.2) is 5.78 Å². The minimum absolute atomic E-state index is 0.0228. The fraction of sp³-hybridized carbons (Fsp3) is 0. The van der Waals surface area contributed by atoms with E-state index in [1.54, 1.807) is 0 Å². The molecule has 0 fully saturated rings. The summed E-state index contributed by atoms with van der Waals surface area (Å²) in [6.07, 6.45) is 0. The van der Waals surface area contributed by atoms with Gasteiger partial charge in [0.25, 0.3) is 0 Å². The predicted octanol–water partition coefficient (Wildman–Crippen LogP) is 4.66. The Kier molecular flexibility index (Phi) is 3.79. The van der Waals surface area contributed by atoms with Crippen LogP contribution in [0.3, 0.4) is 0 Å². The number of hydrogen-bond acceptors (Lipinski definition) is 2. The van der Waals surface area contributed by atoms with E-state index >= 15 is 0 Å². The zero-order valence-electron chi connectivity index (χ0n) is 11.5. The summed E-state index contributed by atoms with van der Waals surface area (Å²) in [5.41, 5.74) is 3.15. The molecule has 0 spiro atoms. The highest BCUT2D eigenvalue weighted by molar-refractivity contribution is 6.12. The van der Waals surface area contributed by atoms with Crippen molar-refractivity contribution in [2.75, 3.05) is 5.32 Å². The summed E-state index contributed by atoms with van der Waals surface area (Å²) in [5.74, 6) is 0.0228. The van der Waals surface area contributed by atoms with Gasteiger partial charge in [-0.15, -0.1) is 0 Å². The fourth-order valence-corrected chi connectivity index (χ4v) is 2.21. The summed E-state index contributed by atoms with van der Waals surface area (Å²) in [6.45, 7) is 0. The number of rotatable bonds is 4. The number of benzene rings is 3. The van der Waals surface area contributed by atoms with Crippen LogP contribution in [0.1, 0.15) is 15.9 Å². The van der Waals surface area contributed by atoms with Crippen LogP contribution in [0.4, 0.5) is 11.4 Å². The molecule has 0 aliphatic carbocycles. The van der Waals surface area contributed by atoms with Gasteiger partial charge in [-0.2, -0.15) is 0 Å². The van der Waals surface area contributed by atoms with E-state index in [4.69, 9.17) is 0 Å². The minimum Gasteiger partial charge on any atom is -0.355 e.